The average molecular weight is 416 g/mol. The summed E-state index contributed by atoms with van der Waals surface area (Å²) in [6.07, 6.45) is 0. The zero-order valence-corrected chi connectivity index (χ0v) is 15.6. The molecule has 0 spiro atoms. The topological polar surface area (TPSA) is 9.23 Å². The molecular formula is C17H17Br2FO. The van der Waals surface area contributed by atoms with E-state index in [4.69, 9.17) is 4.74 Å². The van der Waals surface area contributed by atoms with E-state index < -0.39 is 0 Å². The van der Waals surface area contributed by atoms with Crippen LogP contribution in [0.5, 0.6) is 5.75 Å². The molecule has 0 bridgehead atoms. The van der Waals surface area contributed by atoms with Crippen molar-refractivity contribution in [1.82, 2.24) is 0 Å². The van der Waals surface area contributed by atoms with Gasteiger partial charge in [0, 0.05) is 15.6 Å². The number of alkyl halides is 1. The third-order valence-electron chi connectivity index (χ3n) is 3.59. The Bertz CT molecular complexity index is 683. The van der Waals surface area contributed by atoms with Crippen molar-refractivity contribution in [2.24, 2.45) is 0 Å². The molecule has 21 heavy (non-hydrogen) atoms. The number of rotatable bonds is 3. The van der Waals surface area contributed by atoms with Crippen molar-refractivity contribution >= 4 is 31.9 Å². The maximum atomic E-state index is 14.2. The van der Waals surface area contributed by atoms with Crippen LogP contribution in [-0.2, 0) is 0 Å². The second-order valence-corrected chi connectivity index (χ2v) is 6.90. The molecule has 0 N–H and O–H groups in total. The molecule has 0 aliphatic heterocycles. The molecule has 2 rings (SSSR count). The van der Waals surface area contributed by atoms with E-state index >= 15 is 0 Å². The molecule has 0 aliphatic rings. The van der Waals surface area contributed by atoms with Crippen LogP contribution in [0.1, 0.15) is 32.6 Å². The lowest BCUT2D eigenvalue weighted by atomic mass is 9.96. The number of aryl methyl sites for hydroxylation is 2. The molecule has 4 heteroatoms. The summed E-state index contributed by atoms with van der Waals surface area (Å²) in [6.45, 7) is 5.95. The summed E-state index contributed by atoms with van der Waals surface area (Å²) in [5.74, 6) is 0.569. The third-order valence-corrected chi connectivity index (χ3v) is 5.37. The number of halogens is 3. The lowest BCUT2D eigenvalue weighted by molar-refractivity contribution is 0.406. The first-order chi connectivity index (χ1) is 9.86. The van der Waals surface area contributed by atoms with Gasteiger partial charge in [0.05, 0.1) is 11.9 Å². The van der Waals surface area contributed by atoms with Gasteiger partial charge < -0.3 is 4.74 Å². The van der Waals surface area contributed by atoms with Gasteiger partial charge in [-0.1, -0.05) is 49.6 Å². The molecule has 0 radical (unpaired) electrons. The summed E-state index contributed by atoms with van der Waals surface area (Å²) in [5, 5.41) is 0. The maximum absolute atomic E-state index is 14.2. The van der Waals surface area contributed by atoms with Gasteiger partial charge in [-0.25, -0.2) is 4.39 Å². The minimum absolute atomic E-state index is 0.221. The van der Waals surface area contributed by atoms with E-state index in [2.05, 4.69) is 31.9 Å². The van der Waals surface area contributed by atoms with Crippen LogP contribution in [0.25, 0.3) is 0 Å². The maximum Gasteiger partial charge on any atom is 0.127 e. The van der Waals surface area contributed by atoms with Gasteiger partial charge in [-0.05, 0) is 44.0 Å². The van der Waals surface area contributed by atoms with Gasteiger partial charge in [-0.2, -0.15) is 0 Å². The Morgan fingerprint density at radius 3 is 2.43 bits per heavy atom. The monoisotopic (exact) mass is 414 g/mol. The smallest absolute Gasteiger partial charge is 0.127 e. The Morgan fingerprint density at radius 1 is 1.14 bits per heavy atom. The average Bonchev–Trinajstić information content (AvgIpc) is 2.44. The van der Waals surface area contributed by atoms with Crippen molar-refractivity contribution in [1.29, 1.82) is 0 Å². The standard InChI is InChI=1S/C17H17Br2FO/c1-9-5-6-14(20)12(7-9)16(19)15-11(3)13(18)8-10(2)17(15)21-4/h5-8,16H,1-4H3. The normalized spacial score (nSPS) is 12.3. The highest BCUT2D eigenvalue weighted by Gasteiger charge is 2.23. The van der Waals surface area contributed by atoms with Gasteiger partial charge in [0.2, 0.25) is 0 Å². The molecule has 112 valence electrons. The van der Waals surface area contributed by atoms with Gasteiger partial charge in [-0.15, -0.1) is 0 Å². The van der Waals surface area contributed by atoms with E-state index in [0.717, 1.165) is 32.5 Å². The number of methoxy groups -OCH3 is 1. The summed E-state index contributed by atoms with van der Waals surface area (Å²) in [7, 11) is 1.64. The van der Waals surface area contributed by atoms with Crippen LogP contribution in [-0.4, -0.2) is 7.11 Å². The van der Waals surface area contributed by atoms with Gasteiger partial charge in [-0.3, -0.25) is 0 Å². The largest absolute Gasteiger partial charge is 0.496 e. The minimum Gasteiger partial charge on any atom is -0.496 e. The summed E-state index contributed by atoms with van der Waals surface area (Å²) in [6, 6.07) is 7.16. The molecule has 0 saturated carbocycles. The Labute approximate surface area is 141 Å². The molecule has 1 unspecified atom stereocenters. The SMILES string of the molecule is COc1c(C)cc(Br)c(C)c1C(Br)c1cc(C)ccc1F. The number of hydrogen-bond donors (Lipinski definition) is 0. The predicted octanol–water partition coefficient (Wildman–Crippen LogP) is 6.01. The predicted molar refractivity (Wildman–Crippen MR) is 92.1 cm³/mol. The van der Waals surface area contributed by atoms with Crippen molar-refractivity contribution in [3.05, 3.63) is 62.4 Å². The lowest BCUT2D eigenvalue weighted by Crippen LogP contribution is -2.04. The van der Waals surface area contributed by atoms with Crippen molar-refractivity contribution in [2.45, 2.75) is 25.6 Å². The van der Waals surface area contributed by atoms with Crippen LogP contribution >= 0.6 is 31.9 Å². The highest BCUT2D eigenvalue weighted by atomic mass is 79.9. The molecular weight excluding hydrogens is 399 g/mol. The quantitative estimate of drug-likeness (QED) is 0.558. The zero-order valence-electron chi connectivity index (χ0n) is 12.4. The Morgan fingerprint density at radius 2 is 1.81 bits per heavy atom. The molecule has 2 aromatic carbocycles. The fourth-order valence-corrected chi connectivity index (χ4v) is 3.92. The molecule has 0 saturated heterocycles. The number of benzene rings is 2. The van der Waals surface area contributed by atoms with Crippen molar-refractivity contribution < 1.29 is 9.13 Å². The summed E-state index contributed by atoms with van der Waals surface area (Å²) >= 11 is 7.21. The first-order valence-corrected chi connectivity index (χ1v) is 8.31. The van der Waals surface area contributed by atoms with Crippen LogP contribution in [0.4, 0.5) is 4.39 Å². The first-order valence-electron chi connectivity index (χ1n) is 6.60. The van der Waals surface area contributed by atoms with Gasteiger partial charge in [0.15, 0.2) is 0 Å². The van der Waals surface area contributed by atoms with Crippen molar-refractivity contribution in [3.63, 3.8) is 0 Å². The molecule has 0 heterocycles. The van der Waals surface area contributed by atoms with Gasteiger partial charge in [0.1, 0.15) is 11.6 Å². The van der Waals surface area contributed by atoms with Crippen LogP contribution < -0.4 is 4.74 Å². The molecule has 0 aliphatic carbocycles. The van der Waals surface area contributed by atoms with Crippen molar-refractivity contribution in [2.75, 3.05) is 7.11 Å². The number of ether oxygens (including phenoxy) is 1. The summed E-state index contributed by atoms with van der Waals surface area (Å²) in [4.78, 5) is -0.261. The van der Waals surface area contributed by atoms with Crippen LogP contribution in [0.15, 0.2) is 28.7 Å². The third kappa shape index (κ3) is 3.16. The van der Waals surface area contributed by atoms with Crippen molar-refractivity contribution in [3.8, 4) is 5.75 Å². The summed E-state index contributed by atoms with van der Waals surface area (Å²) < 4.78 is 20.7. The Balaban J connectivity index is 2.68. The molecule has 0 fully saturated rings. The second kappa shape index (κ2) is 6.49. The Kier molecular flexibility index (Phi) is 5.10. The second-order valence-electron chi connectivity index (χ2n) is 5.13. The molecule has 1 nitrogen and oxygen atoms in total. The molecule has 0 aromatic heterocycles. The molecule has 1 atom stereocenters. The Hall–Kier alpha value is -0.870. The van der Waals surface area contributed by atoms with Gasteiger partial charge >= 0.3 is 0 Å². The highest BCUT2D eigenvalue weighted by Crippen LogP contribution is 2.43. The first kappa shape index (κ1) is 16.5. The highest BCUT2D eigenvalue weighted by molar-refractivity contribution is 9.10. The van der Waals surface area contributed by atoms with E-state index in [0.29, 0.717) is 5.56 Å². The fraction of sp³-hybridized carbons (Fsp3) is 0.294. The minimum atomic E-state index is -0.261. The van der Waals surface area contributed by atoms with E-state index in [9.17, 15) is 4.39 Å². The van der Waals surface area contributed by atoms with E-state index in [-0.39, 0.29) is 10.6 Å². The fourth-order valence-electron chi connectivity index (χ4n) is 2.46. The van der Waals surface area contributed by atoms with Crippen LogP contribution in [0.3, 0.4) is 0 Å². The number of hydrogen-bond acceptors (Lipinski definition) is 1. The summed E-state index contributed by atoms with van der Waals surface area (Å²) in [5.41, 5.74) is 4.66. The van der Waals surface area contributed by atoms with Gasteiger partial charge in [0.25, 0.3) is 0 Å². The van der Waals surface area contributed by atoms with E-state index in [1.807, 2.05) is 32.9 Å². The van der Waals surface area contributed by atoms with Crippen LogP contribution in [0, 0.1) is 26.6 Å². The zero-order chi connectivity index (χ0) is 15.7. The van der Waals surface area contributed by atoms with E-state index in [1.54, 1.807) is 13.2 Å². The van der Waals surface area contributed by atoms with E-state index in [1.165, 1.54) is 6.07 Å². The lowest BCUT2D eigenvalue weighted by Gasteiger charge is -2.21. The molecule has 2 aromatic rings. The molecule has 0 amide bonds. The van der Waals surface area contributed by atoms with Crippen LogP contribution in [0.2, 0.25) is 0 Å².